The first-order chi connectivity index (χ1) is 13.7. The van der Waals surface area contributed by atoms with Crippen LogP contribution in [0.5, 0.6) is 0 Å². The van der Waals surface area contributed by atoms with Crippen molar-refractivity contribution in [3.8, 4) is 0 Å². The number of hydrogen-bond acceptors (Lipinski definition) is 4. The Morgan fingerprint density at radius 1 is 1.18 bits per heavy atom. The Morgan fingerprint density at radius 2 is 1.96 bits per heavy atom. The van der Waals surface area contributed by atoms with Crippen molar-refractivity contribution in [3.63, 3.8) is 0 Å². The number of aryl methyl sites for hydroxylation is 1. The molecule has 146 valence electrons. The van der Waals surface area contributed by atoms with Crippen LogP contribution >= 0.6 is 0 Å². The number of ether oxygens (including phenoxy) is 1. The molecule has 2 heterocycles. The van der Waals surface area contributed by atoms with Gasteiger partial charge >= 0.3 is 0 Å². The number of nitrogens with one attached hydrogen (secondary N) is 1. The van der Waals surface area contributed by atoms with Crippen LogP contribution in [0, 0.1) is 0 Å². The Hall–Kier alpha value is -2.70. The molecule has 1 aliphatic heterocycles. The van der Waals surface area contributed by atoms with Gasteiger partial charge < -0.3 is 14.6 Å². The molecule has 1 saturated heterocycles. The van der Waals surface area contributed by atoms with E-state index in [0.29, 0.717) is 5.56 Å². The molecule has 0 unspecified atom stereocenters. The lowest BCUT2D eigenvalue weighted by molar-refractivity contribution is 0.0360. The SMILES string of the molecule is Cn1cnc2cc(C(=O)N[C@@H](CCN3CCOCC3)c3ccccc3)ccc21. The van der Waals surface area contributed by atoms with Crippen LogP contribution in [0.15, 0.2) is 54.9 Å². The Bertz CT molecular complexity index is 932. The van der Waals surface area contributed by atoms with Crippen molar-refractivity contribution in [2.75, 3.05) is 32.8 Å². The average Bonchev–Trinajstić information content (AvgIpc) is 3.12. The second kappa shape index (κ2) is 8.54. The molecule has 28 heavy (non-hydrogen) atoms. The van der Waals surface area contributed by atoms with E-state index in [1.807, 2.05) is 48.0 Å². The maximum absolute atomic E-state index is 13.0. The lowest BCUT2D eigenvalue weighted by Gasteiger charge is -2.28. The number of fused-ring (bicyclic) bond motifs is 1. The molecule has 4 rings (SSSR count). The molecule has 6 nitrogen and oxygen atoms in total. The maximum Gasteiger partial charge on any atom is 0.251 e. The summed E-state index contributed by atoms with van der Waals surface area (Å²) in [5.74, 6) is -0.0663. The van der Waals surface area contributed by atoms with Gasteiger partial charge in [0.15, 0.2) is 0 Å². The van der Waals surface area contributed by atoms with Gasteiger partial charge in [-0.25, -0.2) is 4.98 Å². The highest BCUT2D eigenvalue weighted by molar-refractivity contribution is 5.97. The van der Waals surface area contributed by atoms with Gasteiger partial charge in [0.2, 0.25) is 0 Å². The van der Waals surface area contributed by atoms with Gasteiger partial charge in [-0.1, -0.05) is 30.3 Å². The fourth-order valence-corrected chi connectivity index (χ4v) is 3.66. The zero-order valence-corrected chi connectivity index (χ0v) is 16.2. The number of amides is 1. The number of imidazole rings is 1. The summed E-state index contributed by atoms with van der Waals surface area (Å²) < 4.78 is 7.38. The van der Waals surface area contributed by atoms with Crippen molar-refractivity contribution >= 4 is 16.9 Å². The van der Waals surface area contributed by atoms with E-state index < -0.39 is 0 Å². The van der Waals surface area contributed by atoms with Crippen LogP contribution in [0.4, 0.5) is 0 Å². The maximum atomic E-state index is 13.0. The highest BCUT2D eigenvalue weighted by Crippen LogP contribution is 2.20. The third-order valence-corrected chi connectivity index (χ3v) is 5.33. The molecule has 1 fully saturated rings. The highest BCUT2D eigenvalue weighted by Gasteiger charge is 2.19. The summed E-state index contributed by atoms with van der Waals surface area (Å²) in [5.41, 5.74) is 3.62. The summed E-state index contributed by atoms with van der Waals surface area (Å²) in [6.07, 6.45) is 2.63. The minimum atomic E-state index is -0.0663. The van der Waals surface area contributed by atoms with Crippen molar-refractivity contribution in [2.24, 2.45) is 7.05 Å². The summed E-state index contributed by atoms with van der Waals surface area (Å²) >= 11 is 0. The lowest BCUT2D eigenvalue weighted by atomic mass is 10.0. The van der Waals surface area contributed by atoms with E-state index in [4.69, 9.17) is 4.74 Å². The van der Waals surface area contributed by atoms with E-state index in [-0.39, 0.29) is 11.9 Å². The zero-order valence-electron chi connectivity index (χ0n) is 16.2. The lowest BCUT2D eigenvalue weighted by Crippen LogP contribution is -2.39. The number of aromatic nitrogens is 2. The smallest absolute Gasteiger partial charge is 0.251 e. The molecule has 1 amide bonds. The van der Waals surface area contributed by atoms with E-state index >= 15 is 0 Å². The minimum absolute atomic E-state index is 0.0315. The molecule has 1 aliphatic rings. The molecule has 0 saturated carbocycles. The van der Waals surface area contributed by atoms with Gasteiger partial charge in [-0.05, 0) is 30.2 Å². The quantitative estimate of drug-likeness (QED) is 0.717. The topological polar surface area (TPSA) is 59.4 Å². The number of nitrogens with zero attached hydrogens (tertiary/aromatic N) is 3. The molecule has 0 aliphatic carbocycles. The average molecular weight is 378 g/mol. The minimum Gasteiger partial charge on any atom is -0.379 e. The number of rotatable bonds is 6. The van der Waals surface area contributed by atoms with Crippen LogP contribution in [0.2, 0.25) is 0 Å². The Morgan fingerprint density at radius 3 is 2.75 bits per heavy atom. The summed E-state index contributed by atoms with van der Waals surface area (Å²) in [5, 5.41) is 3.23. The van der Waals surface area contributed by atoms with Crippen LogP contribution < -0.4 is 5.32 Å². The summed E-state index contributed by atoms with van der Waals surface area (Å²) in [6.45, 7) is 4.40. The van der Waals surface area contributed by atoms with E-state index in [9.17, 15) is 4.79 Å². The van der Waals surface area contributed by atoms with Crippen molar-refractivity contribution in [2.45, 2.75) is 12.5 Å². The largest absolute Gasteiger partial charge is 0.379 e. The number of hydrogen-bond donors (Lipinski definition) is 1. The molecule has 2 aromatic carbocycles. The van der Waals surface area contributed by atoms with Gasteiger partial charge in [0.05, 0.1) is 36.6 Å². The zero-order chi connectivity index (χ0) is 19.3. The third-order valence-electron chi connectivity index (χ3n) is 5.33. The summed E-state index contributed by atoms with van der Waals surface area (Å²) in [7, 11) is 1.95. The normalized spacial score (nSPS) is 16.2. The van der Waals surface area contributed by atoms with Crippen LogP contribution in [-0.4, -0.2) is 53.2 Å². The molecule has 1 N–H and O–H groups in total. The second-order valence-corrected chi connectivity index (χ2v) is 7.24. The van der Waals surface area contributed by atoms with Crippen LogP contribution in [0.1, 0.15) is 28.4 Å². The second-order valence-electron chi connectivity index (χ2n) is 7.24. The Balaban J connectivity index is 1.49. The van der Waals surface area contributed by atoms with Gasteiger partial charge in [0, 0.05) is 32.2 Å². The van der Waals surface area contributed by atoms with Crippen LogP contribution in [0.25, 0.3) is 11.0 Å². The summed E-state index contributed by atoms with van der Waals surface area (Å²) in [4.78, 5) is 19.7. The van der Waals surface area contributed by atoms with Crippen LogP contribution in [-0.2, 0) is 11.8 Å². The molecular weight excluding hydrogens is 352 g/mol. The van der Waals surface area contributed by atoms with Gasteiger partial charge in [-0.15, -0.1) is 0 Å². The van der Waals surface area contributed by atoms with Gasteiger partial charge in [-0.2, -0.15) is 0 Å². The van der Waals surface area contributed by atoms with E-state index in [0.717, 1.165) is 55.9 Å². The van der Waals surface area contributed by atoms with Crippen molar-refractivity contribution < 1.29 is 9.53 Å². The first-order valence-corrected chi connectivity index (χ1v) is 9.78. The fraction of sp³-hybridized carbons (Fsp3) is 0.364. The predicted octanol–water partition coefficient (Wildman–Crippen LogP) is 2.77. The molecule has 0 bridgehead atoms. The van der Waals surface area contributed by atoms with E-state index in [1.54, 1.807) is 6.33 Å². The molecule has 0 spiro atoms. The number of carbonyl (C=O) groups is 1. The van der Waals surface area contributed by atoms with Gasteiger partial charge in [-0.3, -0.25) is 9.69 Å². The monoisotopic (exact) mass is 378 g/mol. The van der Waals surface area contributed by atoms with Gasteiger partial charge in [0.1, 0.15) is 0 Å². The molecule has 0 radical (unpaired) electrons. The van der Waals surface area contributed by atoms with E-state index in [2.05, 4.69) is 27.3 Å². The first-order valence-electron chi connectivity index (χ1n) is 9.78. The Labute approximate surface area is 165 Å². The van der Waals surface area contributed by atoms with E-state index in [1.165, 1.54) is 0 Å². The van der Waals surface area contributed by atoms with Crippen molar-refractivity contribution in [3.05, 3.63) is 66.0 Å². The molecule has 1 aromatic heterocycles. The number of benzene rings is 2. The number of carbonyl (C=O) groups excluding carboxylic acids is 1. The highest BCUT2D eigenvalue weighted by atomic mass is 16.5. The predicted molar refractivity (Wildman–Crippen MR) is 109 cm³/mol. The fourth-order valence-electron chi connectivity index (χ4n) is 3.66. The first kappa shape index (κ1) is 18.7. The van der Waals surface area contributed by atoms with Gasteiger partial charge in [0.25, 0.3) is 5.91 Å². The summed E-state index contributed by atoms with van der Waals surface area (Å²) in [6, 6.07) is 15.8. The Kier molecular flexibility index (Phi) is 5.69. The molecule has 6 heteroatoms. The molecule has 1 atom stereocenters. The van der Waals surface area contributed by atoms with Crippen LogP contribution in [0.3, 0.4) is 0 Å². The number of morpholine rings is 1. The molecular formula is C22H26N4O2. The molecule has 3 aromatic rings. The van der Waals surface area contributed by atoms with Crippen molar-refractivity contribution in [1.29, 1.82) is 0 Å². The van der Waals surface area contributed by atoms with Crippen molar-refractivity contribution in [1.82, 2.24) is 19.8 Å². The standard InChI is InChI=1S/C22H26N4O2/c1-25-16-23-20-15-18(7-8-21(20)25)22(27)24-19(17-5-3-2-4-6-17)9-10-26-11-13-28-14-12-26/h2-8,15-16,19H,9-14H2,1H3,(H,24,27)/t19-/m0/s1. The third kappa shape index (κ3) is 4.24.